The van der Waals surface area contributed by atoms with Gasteiger partial charge in [0.15, 0.2) is 0 Å². The van der Waals surface area contributed by atoms with E-state index in [0.29, 0.717) is 38.9 Å². The van der Waals surface area contributed by atoms with E-state index in [-0.39, 0.29) is 11.8 Å². The monoisotopic (exact) mass is 664 g/mol. The number of carbonyl (C=O) groups is 2. The minimum Gasteiger partial charge on any atom is -0.493 e. The van der Waals surface area contributed by atoms with Crippen LogP contribution in [0.2, 0.25) is 0 Å². The molecule has 10 heteroatoms. The van der Waals surface area contributed by atoms with Crippen LogP contribution in [0.5, 0.6) is 11.5 Å². The molecule has 0 saturated heterocycles. The largest absolute Gasteiger partial charge is 0.493 e. The van der Waals surface area contributed by atoms with E-state index in [1.807, 2.05) is 36.4 Å². The summed E-state index contributed by atoms with van der Waals surface area (Å²) in [6.07, 6.45) is 9.96. The third kappa shape index (κ3) is 13.8. The molecule has 0 aromatic heterocycles. The standard InChI is InChI=1S/C29H38Br2N4O4/c1-3-5-16-38-26-14-12-24(30)18-22(26)20-32-34-28(36)10-8-7-9-11-29(37)35-33-21-23-19-25(31)13-15-27(23)39-17-6-4-2/h12-15,18-21H,3-11,16-17H2,1-2H3,(H,34,36)(H,35,37)/b32-20-,33-21-. The lowest BCUT2D eigenvalue weighted by molar-refractivity contribution is -0.121. The van der Waals surface area contributed by atoms with Crippen LogP contribution in [0.3, 0.4) is 0 Å². The van der Waals surface area contributed by atoms with Crippen molar-refractivity contribution >= 4 is 56.1 Å². The van der Waals surface area contributed by atoms with Crippen molar-refractivity contribution < 1.29 is 19.1 Å². The molecule has 0 aliphatic heterocycles. The van der Waals surface area contributed by atoms with Gasteiger partial charge in [0.25, 0.3) is 0 Å². The molecule has 0 aliphatic rings. The van der Waals surface area contributed by atoms with Gasteiger partial charge in [0.2, 0.25) is 11.8 Å². The van der Waals surface area contributed by atoms with Crippen molar-refractivity contribution in [1.82, 2.24) is 10.9 Å². The number of nitrogens with one attached hydrogen (secondary N) is 2. The molecule has 39 heavy (non-hydrogen) atoms. The number of nitrogens with zero attached hydrogens (tertiary/aromatic N) is 2. The summed E-state index contributed by atoms with van der Waals surface area (Å²) in [6, 6.07) is 11.4. The second-order valence-corrected chi connectivity index (χ2v) is 10.7. The molecule has 0 unspecified atom stereocenters. The molecule has 0 spiro atoms. The van der Waals surface area contributed by atoms with Crippen molar-refractivity contribution in [3.8, 4) is 11.5 Å². The van der Waals surface area contributed by atoms with Crippen LogP contribution in [0.1, 0.15) is 82.8 Å². The Morgan fingerprint density at radius 1 is 0.718 bits per heavy atom. The van der Waals surface area contributed by atoms with Crippen molar-refractivity contribution in [3.63, 3.8) is 0 Å². The van der Waals surface area contributed by atoms with Crippen molar-refractivity contribution in [1.29, 1.82) is 0 Å². The predicted molar refractivity (Wildman–Crippen MR) is 164 cm³/mol. The first-order valence-electron chi connectivity index (χ1n) is 13.4. The van der Waals surface area contributed by atoms with E-state index in [0.717, 1.165) is 63.7 Å². The second-order valence-electron chi connectivity index (χ2n) is 8.92. The smallest absolute Gasteiger partial charge is 0.240 e. The van der Waals surface area contributed by atoms with Crippen LogP contribution in [0, 0.1) is 0 Å². The number of hydrogen-bond acceptors (Lipinski definition) is 6. The Hall–Kier alpha value is -2.72. The fourth-order valence-electron chi connectivity index (χ4n) is 3.36. The zero-order valence-electron chi connectivity index (χ0n) is 22.7. The van der Waals surface area contributed by atoms with E-state index in [4.69, 9.17) is 9.47 Å². The minimum atomic E-state index is -0.172. The van der Waals surface area contributed by atoms with E-state index in [1.165, 1.54) is 0 Å². The van der Waals surface area contributed by atoms with Gasteiger partial charge in [0.05, 0.1) is 25.6 Å². The average molecular weight is 666 g/mol. The lowest BCUT2D eigenvalue weighted by Gasteiger charge is -2.09. The number of hydrazone groups is 2. The average Bonchev–Trinajstić information content (AvgIpc) is 2.91. The summed E-state index contributed by atoms with van der Waals surface area (Å²) in [4.78, 5) is 24.3. The molecule has 0 radical (unpaired) electrons. The summed E-state index contributed by atoms with van der Waals surface area (Å²) < 4.78 is 13.4. The molecule has 2 N–H and O–H groups in total. The van der Waals surface area contributed by atoms with Gasteiger partial charge < -0.3 is 9.47 Å². The van der Waals surface area contributed by atoms with Crippen LogP contribution in [-0.4, -0.2) is 37.5 Å². The maximum atomic E-state index is 12.1. The van der Waals surface area contributed by atoms with E-state index in [9.17, 15) is 9.59 Å². The van der Waals surface area contributed by atoms with Crippen LogP contribution in [0.15, 0.2) is 55.5 Å². The molecule has 2 aromatic rings. The quantitative estimate of drug-likeness (QED) is 0.101. The molecule has 8 nitrogen and oxygen atoms in total. The normalized spacial score (nSPS) is 11.2. The number of halogens is 2. The number of hydrogen-bond donors (Lipinski definition) is 2. The van der Waals surface area contributed by atoms with Gasteiger partial charge in [-0.3, -0.25) is 9.59 Å². The molecule has 0 saturated carbocycles. The maximum Gasteiger partial charge on any atom is 0.240 e. The number of unbranched alkanes of at least 4 members (excludes halogenated alkanes) is 4. The maximum absolute atomic E-state index is 12.1. The highest BCUT2D eigenvalue weighted by Crippen LogP contribution is 2.23. The molecule has 0 bridgehead atoms. The van der Waals surface area contributed by atoms with E-state index in [2.05, 4.69) is 66.8 Å². The van der Waals surface area contributed by atoms with Crippen molar-refractivity contribution in [2.24, 2.45) is 10.2 Å². The molecular weight excluding hydrogens is 628 g/mol. The van der Waals surface area contributed by atoms with E-state index in [1.54, 1.807) is 12.4 Å². The number of ether oxygens (including phenoxy) is 2. The molecule has 212 valence electrons. The summed E-state index contributed by atoms with van der Waals surface area (Å²) in [5.41, 5.74) is 6.69. The number of rotatable bonds is 18. The van der Waals surface area contributed by atoms with Crippen LogP contribution < -0.4 is 20.3 Å². The van der Waals surface area contributed by atoms with Gasteiger partial charge in [-0.05, 0) is 62.1 Å². The summed E-state index contributed by atoms with van der Waals surface area (Å²) in [5.74, 6) is 1.11. The van der Waals surface area contributed by atoms with Gasteiger partial charge in [-0.25, -0.2) is 10.9 Å². The molecule has 2 rings (SSSR count). The Morgan fingerprint density at radius 3 is 1.56 bits per heavy atom. The summed E-state index contributed by atoms with van der Waals surface area (Å²) in [5, 5.41) is 8.14. The summed E-state index contributed by atoms with van der Waals surface area (Å²) in [7, 11) is 0. The first-order chi connectivity index (χ1) is 18.9. The van der Waals surface area contributed by atoms with Crippen molar-refractivity contribution in [3.05, 3.63) is 56.5 Å². The van der Waals surface area contributed by atoms with E-state index >= 15 is 0 Å². The fraction of sp³-hybridized carbons (Fsp3) is 0.448. The minimum absolute atomic E-state index is 0.172. The predicted octanol–water partition coefficient (Wildman–Crippen LogP) is 7.12. The zero-order valence-corrected chi connectivity index (χ0v) is 25.9. The second kappa shape index (κ2) is 19.4. The molecule has 0 heterocycles. The molecule has 0 fully saturated rings. The van der Waals surface area contributed by atoms with Crippen LogP contribution in [0.4, 0.5) is 0 Å². The summed E-state index contributed by atoms with van der Waals surface area (Å²) >= 11 is 6.90. The third-order valence-corrected chi connectivity index (χ3v) is 6.53. The highest BCUT2D eigenvalue weighted by Gasteiger charge is 2.06. The number of benzene rings is 2. The molecular formula is C29H38Br2N4O4. The van der Waals surface area contributed by atoms with Gasteiger partial charge in [-0.1, -0.05) is 65.0 Å². The third-order valence-electron chi connectivity index (χ3n) is 5.55. The van der Waals surface area contributed by atoms with Crippen molar-refractivity contribution in [2.45, 2.75) is 71.6 Å². The topological polar surface area (TPSA) is 101 Å². The first-order valence-corrected chi connectivity index (χ1v) is 15.0. The Kier molecular flexibility index (Phi) is 16.1. The Bertz CT molecular complexity index is 1020. The Labute approximate surface area is 248 Å². The molecule has 2 amide bonds. The summed E-state index contributed by atoms with van der Waals surface area (Å²) in [6.45, 7) is 5.49. The van der Waals surface area contributed by atoms with Gasteiger partial charge in [-0.15, -0.1) is 0 Å². The highest BCUT2D eigenvalue weighted by atomic mass is 79.9. The lowest BCUT2D eigenvalue weighted by atomic mass is 10.1. The van der Waals surface area contributed by atoms with Crippen LogP contribution in [-0.2, 0) is 9.59 Å². The van der Waals surface area contributed by atoms with Crippen LogP contribution >= 0.6 is 31.9 Å². The Balaban J connectivity index is 1.66. The lowest BCUT2D eigenvalue weighted by Crippen LogP contribution is -2.18. The van der Waals surface area contributed by atoms with Gasteiger partial charge in [0, 0.05) is 32.9 Å². The van der Waals surface area contributed by atoms with E-state index < -0.39 is 0 Å². The van der Waals surface area contributed by atoms with Gasteiger partial charge >= 0.3 is 0 Å². The van der Waals surface area contributed by atoms with Crippen LogP contribution in [0.25, 0.3) is 0 Å². The zero-order chi connectivity index (χ0) is 28.3. The first kappa shape index (κ1) is 32.5. The highest BCUT2D eigenvalue weighted by molar-refractivity contribution is 9.10. The molecule has 0 atom stereocenters. The SMILES string of the molecule is CCCCOc1ccc(Br)cc1/C=N\NC(=O)CCCCCC(=O)N/N=C\c1cc(Br)ccc1OCCCC. The molecule has 2 aromatic carbocycles. The van der Waals surface area contributed by atoms with Gasteiger partial charge in [-0.2, -0.15) is 10.2 Å². The Morgan fingerprint density at radius 2 is 1.15 bits per heavy atom. The number of carbonyl (C=O) groups excluding carboxylic acids is 2. The fourth-order valence-corrected chi connectivity index (χ4v) is 4.12. The van der Waals surface area contributed by atoms with Gasteiger partial charge in [0.1, 0.15) is 11.5 Å². The van der Waals surface area contributed by atoms with Crippen molar-refractivity contribution in [2.75, 3.05) is 13.2 Å². The number of amides is 2. The molecule has 0 aliphatic carbocycles.